The molecule has 1 amide bonds. The Morgan fingerprint density at radius 2 is 2.17 bits per heavy atom. The van der Waals surface area contributed by atoms with Gasteiger partial charge in [0.1, 0.15) is 11.9 Å². The molecule has 2 N–H and O–H groups in total. The summed E-state index contributed by atoms with van der Waals surface area (Å²) in [6.07, 6.45) is 2.20. The summed E-state index contributed by atoms with van der Waals surface area (Å²) in [6, 6.07) is 6.88. The predicted molar refractivity (Wildman–Crippen MR) is 63.3 cm³/mol. The maximum Gasteiger partial charge on any atom is 0.262 e. The van der Waals surface area contributed by atoms with Gasteiger partial charge >= 0.3 is 0 Å². The van der Waals surface area contributed by atoms with Gasteiger partial charge in [0, 0.05) is 5.56 Å². The third kappa shape index (κ3) is 1.84. The highest BCUT2D eigenvalue weighted by Crippen LogP contribution is 2.32. The number of rotatable bonds is 2. The molecular formula is C13H11NO4. The minimum atomic E-state index is -0.784. The molecule has 2 heterocycles. The Kier molecular flexibility index (Phi) is 2.53. The van der Waals surface area contributed by atoms with Gasteiger partial charge in [0.05, 0.1) is 18.2 Å². The summed E-state index contributed by atoms with van der Waals surface area (Å²) in [5, 5.41) is 12.8. The molecule has 5 heteroatoms. The molecule has 5 nitrogen and oxygen atoms in total. The van der Waals surface area contributed by atoms with E-state index in [1.54, 1.807) is 24.3 Å². The van der Waals surface area contributed by atoms with Crippen molar-refractivity contribution in [3.63, 3.8) is 0 Å². The van der Waals surface area contributed by atoms with Gasteiger partial charge in [0.2, 0.25) is 0 Å². The standard InChI is InChI=1S/C13H11NO4/c15-12-7-18-11-2-1-8(5-10(11)14-12)13(16)9-3-4-17-6-9/h1-6,13,16H,7H2,(H,14,15). The lowest BCUT2D eigenvalue weighted by molar-refractivity contribution is -0.118. The van der Waals surface area contributed by atoms with Gasteiger partial charge in [-0.3, -0.25) is 4.79 Å². The van der Waals surface area contributed by atoms with E-state index >= 15 is 0 Å². The average Bonchev–Trinajstić information content (AvgIpc) is 2.90. The van der Waals surface area contributed by atoms with Crippen LogP contribution in [0.2, 0.25) is 0 Å². The molecule has 1 aliphatic heterocycles. The number of carbonyl (C=O) groups excluding carboxylic acids is 1. The van der Waals surface area contributed by atoms with Gasteiger partial charge in [-0.15, -0.1) is 0 Å². The van der Waals surface area contributed by atoms with Gasteiger partial charge in [-0.1, -0.05) is 6.07 Å². The van der Waals surface area contributed by atoms with E-state index in [9.17, 15) is 9.90 Å². The highest BCUT2D eigenvalue weighted by Gasteiger charge is 2.19. The van der Waals surface area contributed by atoms with E-state index in [2.05, 4.69) is 5.32 Å². The normalized spacial score (nSPS) is 15.5. The second-order valence-electron chi connectivity index (χ2n) is 4.05. The monoisotopic (exact) mass is 245 g/mol. The predicted octanol–water partition coefficient (Wildman–Crippen LogP) is 1.69. The number of hydrogen-bond donors (Lipinski definition) is 2. The first-order valence-electron chi connectivity index (χ1n) is 5.51. The summed E-state index contributed by atoms with van der Waals surface area (Å²) >= 11 is 0. The molecule has 1 unspecified atom stereocenters. The number of aliphatic hydroxyl groups is 1. The van der Waals surface area contributed by atoms with Crippen molar-refractivity contribution in [3.05, 3.63) is 47.9 Å². The molecule has 0 spiro atoms. The van der Waals surface area contributed by atoms with Crippen LogP contribution in [0.1, 0.15) is 17.2 Å². The summed E-state index contributed by atoms with van der Waals surface area (Å²) in [5.74, 6) is 0.412. The minimum absolute atomic E-state index is 0.0244. The molecule has 0 aliphatic carbocycles. The van der Waals surface area contributed by atoms with E-state index in [0.29, 0.717) is 22.6 Å². The number of nitrogens with one attached hydrogen (secondary N) is 1. The highest BCUT2D eigenvalue weighted by atomic mass is 16.5. The first kappa shape index (κ1) is 10.9. The van der Waals surface area contributed by atoms with Crippen molar-refractivity contribution in [2.24, 2.45) is 0 Å². The Morgan fingerprint density at radius 3 is 2.94 bits per heavy atom. The van der Waals surface area contributed by atoms with E-state index in [1.807, 2.05) is 0 Å². The van der Waals surface area contributed by atoms with Gasteiger partial charge in [0.15, 0.2) is 6.61 Å². The van der Waals surface area contributed by atoms with Crippen molar-refractivity contribution in [3.8, 4) is 5.75 Å². The van der Waals surface area contributed by atoms with E-state index in [0.717, 1.165) is 0 Å². The van der Waals surface area contributed by atoms with Gasteiger partial charge in [-0.2, -0.15) is 0 Å². The molecule has 0 saturated heterocycles. The minimum Gasteiger partial charge on any atom is -0.482 e. The van der Waals surface area contributed by atoms with Gasteiger partial charge in [0.25, 0.3) is 5.91 Å². The smallest absolute Gasteiger partial charge is 0.262 e. The zero-order valence-corrected chi connectivity index (χ0v) is 9.42. The molecule has 3 rings (SSSR count). The fraction of sp³-hybridized carbons (Fsp3) is 0.154. The lowest BCUT2D eigenvalue weighted by atomic mass is 10.0. The fourth-order valence-corrected chi connectivity index (χ4v) is 1.89. The molecule has 0 bridgehead atoms. The zero-order valence-electron chi connectivity index (χ0n) is 9.42. The number of fused-ring (bicyclic) bond motifs is 1. The largest absolute Gasteiger partial charge is 0.482 e. The van der Waals surface area contributed by atoms with Crippen LogP contribution in [0.15, 0.2) is 41.2 Å². The summed E-state index contributed by atoms with van der Waals surface area (Å²) in [4.78, 5) is 11.2. The van der Waals surface area contributed by atoms with Crippen LogP contribution in [0, 0.1) is 0 Å². The molecule has 18 heavy (non-hydrogen) atoms. The Balaban J connectivity index is 1.94. The van der Waals surface area contributed by atoms with Crippen molar-refractivity contribution in [1.82, 2.24) is 0 Å². The Morgan fingerprint density at radius 1 is 1.28 bits per heavy atom. The Labute approximate surface area is 103 Å². The molecular weight excluding hydrogens is 234 g/mol. The maximum atomic E-state index is 11.2. The highest BCUT2D eigenvalue weighted by molar-refractivity contribution is 5.95. The van der Waals surface area contributed by atoms with Gasteiger partial charge < -0.3 is 19.6 Å². The van der Waals surface area contributed by atoms with Crippen molar-refractivity contribution in [1.29, 1.82) is 0 Å². The van der Waals surface area contributed by atoms with Crippen molar-refractivity contribution in [2.75, 3.05) is 11.9 Å². The molecule has 0 radical (unpaired) electrons. The van der Waals surface area contributed by atoms with Crippen LogP contribution in [0.25, 0.3) is 0 Å². The van der Waals surface area contributed by atoms with E-state index < -0.39 is 6.10 Å². The quantitative estimate of drug-likeness (QED) is 0.844. The first-order valence-corrected chi connectivity index (χ1v) is 5.51. The van der Waals surface area contributed by atoms with Crippen LogP contribution >= 0.6 is 0 Å². The van der Waals surface area contributed by atoms with Crippen molar-refractivity contribution < 1.29 is 19.1 Å². The Bertz CT molecular complexity index is 577. The van der Waals surface area contributed by atoms with Crippen LogP contribution in [-0.4, -0.2) is 17.6 Å². The summed E-state index contributed by atoms with van der Waals surface area (Å²) in [5.41, 5.74) is 1.91. The lowest BCUT2D eigenvalue weighted by Crippen LogP contribution is -2.25. The van der Waals surface area contributed by atoms with Crippen LogP contribution in [0.3, 0.4) is 0 Å². The Hall–Kier alpha value is -2.27. The maximum absolute atomic E-state index is 11.2. The van der Waals surface area contributed by atoms with E-state index in [1.165, 1.54) is 12.5 Å². The second-order valence-corrected chi connectivity index (χ2v) is 4.05. The van der Waals surface area contributed by atoms with Crippen LogP contribution in [0.4, 0.5) is 5.69 Å². The van der Waals surface area contributed by atoms with E-state index in [-0.39, 0.29) is 12.5 Å². The molecule has 1 atom stereocenters. The van der Waals surface area contributed by atoms with Crippen LogP contribution < -0.4 is 10.1 Å². The molecule has 0 saturated carbocycles. The van der Waals surface area contributed by atoms with Gasteiger partial charge in [-0.05, 0) is 23.8 Å². The summed E-state index contributed by atoms with van der Waals surface area (Å²) in [7, 11) is 0. The first-order chi connectivity index (χ1) is 8.74. The zero-order chi connectivity index (χ0) is 12.5. The van der Waals surface area contributed by atoms with Crippen LogP contribution in [0.5, 0.6) is 5.75 Å². The molecule has 2 aromatic rings. The molecule has 1 aliphatic rings. The molecule has 0 fully saturated rings. The van der Waals surface area contributed by atoms with Crippen molar-refractivity contribution >= 4 is 11.6 Å². The van der Waals surface area contributed by atoms with Gasteiger partial charge in [-0.25, -0.2) is 0 Å². The number of aliphatic hydroxyl groups excluding tert-OH is 1. The number of amides is 1. The van der Waals surface area contributed by atoms with E-state index in [4.69, 9.17) is 9.15 Å². The topological polar surface area (TPSA) is 71.7 Å². The fourth-order valence-electron chi connectivity index (χ4n) is 1.89. The van der Waals surface area contributed by atoms with Crippen molar-refractivity contribution in [2.45, 2.75) is 6.10 Å². The molecule has 92 valence electrons. The lowest BCUT2D eigenvalue weighted by Gasteiger charge is -2.19. The third-order valence-corrected chi connectivity index (χ3v) is 2.81. The second kappa shape index (κ2) is 4.19. The summed E-state index contributed by atoms with van der Waals surface area (Å²) in [6.45, 7) is 0.0244. The van der Waals surface area contributed by atoms with Crippen LogP contribution in [-0.2, 0) is 4.79 Å². The molecule has 1 aromatic carbocycles. The SMILES string of the molecule is O=C1COc2ccc(C(O)c3ccoc3)cc2N1. The summed E-state index contributed by atoms with van der Waals surface area (Å²) < 4.78 is 10.2. The molecule has 1 aromatic heterocycles. The number of ether oxygens (including phenoxy) is 1. The number of carbonyl (C=O) groups is 1. The number of hydrogen-bond acceptors (Lipinski definition) is 4. The number of anilines is 1. The third-order valence-electron chi connectivity index (χ3n) is 2.81. The average molecular weight is 245 g/mol. The number of benzene rings is 1. The number of furan rings is 1.